The molecule has 2 heterocycles. The molecule has 4 aromatic rings. The van der Waals surface area contributed by atoms with E-state index < -0.39 is 0 Å². The number of aromatic amines is 1. The van der Waals surface area contributed by atoms with Crippen LogP contribution in [0.4, 0.5) is 0 Å². The van der Waals surface area contributed by atoms with Gasteiger partial charge >= 0.3 is 0 Å². The van der Waals surface area contributed by atoms with Crippen LogP contribution in [0.25, 0.3) is 21.3 Å². The van der Waals surface area contributed by atoms with Gasteiger partial charge in [-0.3, -0.25) is 9.59 Å². The molecule has 2 aromatic carbocycles. The van der Waals surface area contributed by atoms with Gasteiger partial charge in [0.2, 0.25) is 0 Å². The summed E-state index contributed by atoms with van der Waals surface area (Å²) in [4.78, 5) is 33.4. The molecule has 0 unspecified atom stereocenters. The average Bonchev–Trinajstić information content (AvgIpc) is 3.32. The Kier molecular flexibility index (Phi) is 7.31. The fourth-order valence-electron chi connectivity index (χ4n) is 4.53. The summed E-state index contributed by atoms with van der Waals surface area (Å²) in [5, 5.41) is 7.09. The molecule has 2 N–H and O–H groups in total. The molecule has 0 atom stereocenters. The Hall–Kier alpha value is -3.23. The van der Waals surface area contributed by atoms with Crippen molar-refractivity contribution in [3.63, 3.8) is 0 Å². The van der Waals surface area contributed by atoms with Crippen LogP contribution in [0, 0.1) is 0 Å². The number of rotatable bonds is 6. The Bertz CT molecular complexity index is 1530. The number of nitrogens with one attached hydrogen (secondary N) is 2. The van der Waals surface area contributed by atoms with Crippen LogP contribution in [0.15, 0.2) is 62.9 Å². The van der Waals surface area contributed by atoms with Crippen LogP contribution in [-0.2, 0) is 23.1 Å². The van der Waals surface area contributed by atoms with Gasteiger partial charge in [-0.05, 0) is 58.9 Å². The number of thioether (sulfide) groups is 1. The number of hydrogen-bond donors (Lipinski definition) is 2. The van der Waals surface area contributed by atoms with Crippen LogP contribution in [-0.4, -0.2) is 27.8 Å². The molecule has 0 radical (unpaired) electrons. The first kappa shape index (κ1) is 25.4. The summed E-state index contributed by atoms with van der Waals surface area (Å²) in [6.45, 7) is 6.50. The van der Waals surface area contributed by atoms with E-state index in [1.807, 2.05) is 17.5 Å². The van der Waals surface area contributed by atoms with E-state index in [1.165, 1.54) is 52.6 Å². The maximum Gasteiger partial charge on any atom is 0.260 e. The number of amides is 1. The Morgan fingerprint density at radius 2 is 1.89 bits per heavy atom. The summed E-state index contributed by atoms with van der Waals surface area (Å²) in [6, 6.07) is 14.6. The molecular formula is C29H30N4O2S2. The summed E-state index contributed by atoms with van der Waals surface area (Å²) < 4.78 is 0. The highest BCUT2D eigenvalue weighted by molar-refractivity contribution is 7.99. The van der Waals surface area contributed by atoms with Crippen molar-refractivity contribution in [2.75, 3.05) is 5.75 Å². The zero-order valence-corrected chi connectivity index (χ0v) is 22.9. The van der Waals surface area contributed by atoms with Crippen molar-refractivity contribution in [2.45, 2.75) is 57.0 Å². The number of hydrazone groups is 1. The summed E-state index contributed by atoms with van der Waals surface area (Å²) in [6.07, 6.45) is 6.30. The van der Waals surface area contributed by atoms with Crippen LogP contribution >= 0.6 is 23.1 Å². The van der Waals surface area contributed by atoms with E-state index in [0.29, 0.717) is 15.4 Å². The summed E-state index contributed by atoms with van der Waals surface area (Å²) in [7, 11) is 0. The van der Waals surface area contributed by atoms with Crippen molar-refractivity contribution in [1.29, 1.82) is 0 Å². The second-order valence-electron chi connectivity index (χ2n) is 10.3. The number of aryl methyl sites for hydroxylation is 2. The lowest BCUT2D eigenvalue weighted by Gasteiger charge is -2.18. The van der Waals surface area contributed by atoms with E-state index in [4.69, 9.17) is 0 Å². The van der Waals surface area contributed by atoms with Crippen molar-refractivity contribution in [2.24, 2.45) is 5.10 Å². The standard InChI is InChI=1S/C29H30N4O2S2/c1-29(2,3)22-12-8-18(9-13-22)15-30-33-24(34)17-37-28-31-26(35)25-23(16-36-27(25)32-28)21-11-10-19-6-4-5-7-20(19)14-21/h8-16H,4-7,17H2,1-3H3,(H,33,34)(H,31,32,35)/b30-15+. The van der Waals surface area contributed by atoms with Gasteiger partial charge in [-0.2, -0.15) is 5.10 Å². The SMILES string of the molecule is CC(C)(C)c1ccc(/C=N/NC(=O)CSc2nc3scc(-c4ccc5c(c4)CCCC5)c3c(=O)[nH]2)cc1. The van der Waals surface area contributed by atoms with Crippen LogP contribution in [0.1, 0.15) is 55.9 Å². The van der Waals surface area contributed by atoms with Crippen molar-refractivity contribution >= 4 is 45.4 Å². The van der Waals surface area contributed by atoms with Gasteiger partial charge in [0.1, 0.15) is 4.83 Å². The van der Waals surface area contributed by atoms with E-state index in [2.05, 4.69) is 71.6 Å². The largest absolute Gasteiger partial charge is 0.301 e. The monoisotopic (exact) mass is 530 g/mol. The molecule has 1 aliphatic carbocycles. The van der Waals surface area contributed by atoms with E-state index in [0.717, 1.165) is 29.5 Å². The fourth-order valence-corrected chi connectivity index (χ4v) is 6.18. The zero-order chi connectivity index (χ0) is 26.0. The number of carbonyl (C=O) groups excluding carboxylic acids is 1. The van der Waals surface area contributed by atoms with E-state index in [9.17, 15) is 9.59 Å². The Labute approximate surface area is 224 Å². The Morgan fingerprint density at radius 3 is 2.65 bits per heavy atom. The van der Waals surface area contributed by atoms with Gasteiger partial charge in [0, 0.05) is 10.9 Å². The lowest BCUT2D eigenvalue weighted by molar-refractivity contribution is -0.118. The molecule has 0 aliphatic heterocycles. The van der Waals surface area contributed by atoms with E-state index in [1.54, 1.807) is 6.21 Å². The predicted octanol–water partition coefficient (Wildman–Crippen LogP) is 6.07. The summed E-state index contributed by atoms with van der Waals surface area (Å²) in [5.74, 6) is -0.172. The average molecular weight is 531 g/mol. The molecule has 1 amide bonds. The van der Waals surface area contributed by atoms with E-state index >= 15 is 0 Å². The first-order valence-electron chi connectivity index (χ1n) is 12.5. The molecular weight excluding hydrogens is 500 g/mol. The third-order valence-electron chi connectivity index (χ3n) is 6.60. The first-order valence-corrected chi connectivity index (χ1v) is 14.3. The molecule has 1 aliphatic rings. The van der Waals surface area contributed by atoms with Crippen LogP contribution in [0.2, 0.25) is 0 Å². The number of fused-ring (bicyclic) bond motifs is 2. The lowest BCUT2D eigenvalue weighted by Crippen LogP contribution is -2.20. The molecule has 0 bridgehead atoms. The highest BCUT2D eigenvalue weighted by atomic mass is 32.2. The molecule has 8 heteroatoms. The minimum absolute atomic E-state index is 0.0881. The summed E-state index contributed by atoms with van der Waals surface area (Å²) in [5.41, 5.74) is 9.37. The molecule has 0 spiro atoms. The number of H-pyrrole nitrogens is 1. The molecule has 5 rings (SSSR count). The van der Waals surface area contributed by atoms with Crippen molar-refractivity contribution in [1.82, 2.24) is 15.4 Å². The number of aromatic nitrogens is 2. The molecule has 0 saturated carbocycles. The fraction of sp³-hybridized carbons (Fsp3) is 0.310. The predicted molar refractivity (Wildman–Crippen MR) is 154 cm³/mol. The molecule has 190 valence electrons. The molecule has 2 aromatic heterocycles. The van der Waals surface area contributed by atoms with E-state index in [-0.39, 0.29) is 22.6 Å². The Morgan fingerprint density at radius 1 is 1.14 bits per heavy atom. The number of carbonyl (C=O) groups is 1. The maximum atomic E-state index is 13.0. The van der Waals surface area contributed by atoms with Gasteiger partial charge in [-0.1, -0.05) is 75.0 Å². The van der Waals surface area contributed by atoms with Gasteiger partial charge in [0.25, 0.3) is 11.5 Å². The number of thiophene rings is 1. The zero-order valence-electron chi connectivity index (χ0n) is 21.3. The van der Waals surface area contributed by atoms with Crippen molar-refractivity contribution < 1.29 is 4.79 Å². The second kappa shape index (κ2) is 10.6. The quantitative estimate of drug-likeness (QED) is 0.137. The highest BCUT2D eigenvalue weighted by Crippen LogP contribution is 2.34. The smallest absolute Gasteiger partial charge is 0.260 e. The van der Waals surface area contributed by atoms with Crippen molar-refractivity contribution in [3.8, 4) is 11.1 Å². The third kappa shape index (κ3) is 5.86. The molecule has 0 saturated heterocycles. The number of benzene rings is 2. The normalized spacial score (nSPS) is 13.7. The molecule has 37 heavy (non-hydrogen) atoms. The lowest BCUT2D eigenvalue weighted by atomic mass is 9.87. The number of nitrogens with zero attached hydrogens (tertiary/aromatic N) is 2. The van der Waals surface area contributed by atoms with Gasteiger partial charge in [0.05, 0.1) is 17.4 Å². The van der Waals surface area contributed by atoms with Crippen LogP contribution in [0.5, 0.6) is 0 Å². The maximum absolute atomic E-state index is 13.0. The van der Waals surface area contributed by atoms with Gasteiger partial charge < -0.3 is 4.98 Å². The molecule has 6 nitrogen and oxygen atoms in total. The van der Waals surface area contributed by atoms with Crippen LogP contribution < -0.4 is 11.0 Å². The Balaban J connectivity index is 1.22. The van der Waals surface area contributed by atoms with Crippen LogP contribution in [0.3, 0.4) is 0 Å². The minimum atomic E-state index is -0.267. The highest BCUT2D eigenvalue weighted by Gasteiger charge is 2.16. The summed E-state index contributed by atoms with van der Waals surface area (Å²) >= 11 is 2.64. The van der Waals surface area contributed by atoms with Gasteiger partial charge in [-0.25, -0.2) is 10.4 Å². The topological polar surface area (TPSA) is 87.2 Å². The minimum Gasteiger partial charge on any atom is -0.301 e. The van der Waals surface area contributed by atoms with Gasteiger partial charge in [0.15, 0.2) is 5.16 Å². The molecule has 0 fully saturated rings. The second-order valence-corrected chi connectivity index (χ2v) is 12.2. The third-order valence-corrected chi connectivity index (χ3v) is 8.35. The first-order chi connectivity index (χ1) is 17.8. The van der Waals surface area contributed by atoms with Crippen molar-refractivity contribution in [3.05, 3.63) is 80.5 Å². The number of hydrogen-bond acceptors (Lipinski definition) is 6. The van der Waals surface area contributed by atoms with Gasteiger partial charge in [-0.15, -0.1) is 11.3 Å².